The molecule has 0 unspecified atom stereocenters. The molecule has 1 saturated heterocycles. The first kappa shape index (κ1) is 23.6. The van der Waals surface area contributed by atoms with Gasteiger partial charge in [0.05, 0.1) is 11.9 Å². The van der Waals surface area contributed by atoms with E-state index in [2.05, 4.69) is 5.32 Å². The molecule has 1 fully saturated rings. The van der Waals surface area contributed by atoms with E-state index in [1.165, 1.54) is 6.07 Å². The fourth-order valence-electron chi connectivity index (χ4n) is 3.55. The average Bonchev–Trinajstić information content (AvgIpc) is 3.17. The van der Waals surface area contributed by atoms with Crippen LogP contribution in [-0.2, 0) is 26.2 Å². The topological polar surface area (TPSA) is 86.8 Å². The fraction of sp³-hybridized carbons (Fsp3) is 0.364. The van der Waals surface area contributed by atoms with Gasteiger partial charge in [0, 0.05) is 44.2 Å². The summed E-state index contributed by atoms with van der Waals surface area (Å²) in [5.74, 6) is -2.40. The van der Waals surface area contributed by atoms with Gasteiger partial charge in [0.2, 0.25) is 21.8 Å². The highest BCUT2D eigenvalue weighted by Gasteiger charge is 2.22. The third-order valence-electron chi connectivity index (χ3n) is 5.14. The standard InChI is InChI=1S/C22H25F2N3O4S/c1-32(30,31)27(18-9-10-19(23)20(24)14-18)12-3-7-21(28)25-15-16-5-2-6-17(13-16)26-11-4-8-22(26)29/h2,5-6,9-10,13-14H,3-4,7-8,11-12,15H2,1H3,(H,25,28). The Morgan fingerprint density at radius 1 is 1.16 bits per heavy atom. The lowest BCUT2D eigenvalue weighted by molar-refractivity contribution is -0.121. The van der Waals surface area contributed by atoms with Crippen LogP contribution in [0.1, 0.15) is 31.2 Å². The second-order valence-corrected chi connectivity index (χ2v) is 9.54. The van der Waals surface area contributed by atoms with Crippen LogP contribution in [-0.4, -0.2) is 39.6 Å². The monoisotopic (exact) mass is 465 g/mol. The van der Waals surface area contributed by atoms with E-state index in [9.17, 15) is 26.8 Å². The lowest BCUT2D eigenvalue weighted by Gasteiger charge is -2.22. The van der Waals surface area contributed by atoms with Crippen molar-refractivity contribution in [1.82, 2.24) is 5.32 Å². The van der Waals surface area contributed by atoms with Crippen molar-refractivity contribution in [1.29, 1.82) is 0 Å². The molecular weight excluding hydrogens is 440 g/mol. The van der Waals surface area contributed by atoms with Crippen molar-refractivity contribution in [3.05, 3.63) is 59.7 Å². The Bertz CT molecular complexity index is 1110. The molecule has 10 heteroatoms. The number of halogens is 2. The summed E-state index contributed by atoms with van der Waals surface area (Å²) < 4.78 is 51.7. The van der Waals surface area contributed by atoms with E-state index >= 15 is 0 Å². The minimum Gasteiger partial charge on any atom is -0.352 e. The van der Waals surface area contributed by atoms with Gasteiger partial charge in [-0.05, 0) is 42.7 Å². The molecule has 0 bridgehead atoms. The van der Waals surface area contributed by atoms with Crippen molar-refractivity contribution in [2.75, 3.05) is 28.6 Å². The number of carbonyl (C=O) groups is 2. The summed E-state index contributed by atoms with van der Waals surface area (Å²) in [6, 6.07) is 10.2. The van der Waals surface area contributed by atoms with Gasteiger partial charge in [-0.1, -0.05) is 12.1 Å². The van der Waals surface area contributed by atoms with E-state index < -0.39 is 21.7 Å². The summed E-state index contributed by atoms with van der Waals surface area (Å²) in [5.41, 5.74) is 1.64. The van der Waals surface area contributed by atoms with Crippen molar-refractivity contribution in [2.45, 2.75) is 32.2 Å². The molecule has 32 heavy (non-hydrogen) atoms. The molecule has 7 nitrogen and oxygen atoms in total. The third kappa shape index (κ3) is 6.03. The number of hydrogen-bond donors (Lipinski definition) is 1. The smallest absolute Gasteiger partial charge is 0.232 e. The van der Waals surface area contributed by atoms with Gasteiger partial charge in [-0.15, -0.1) is 0 Å². The van der Waals surface area contributed by atoms with E-state index in [-0.39, 0.29) is 43.4 Å². The van der Waals surface area contributed by atoms with E-state index in [4.69, 9.17) is 0 Å². The lowest BCUT2D eigenvalue weighted by Crippen LogP contribution is -2.32. The van der Waals surface area contributed by atoms with Crippen LogP contribution in [0.15, 0.2) is 42.5 Å². The van der Waals surface area contributed by atoms with Crippen LogP contribution >= 0.6 is 0 Å². The Labute approximate surface area is 186 Å². The first-order chi connectivity index (χ1) is 15.1. The summed E-state index contributed by atoms with van der Waals surface area (Å²) in [5, 5.41) is 2.78. The van der Waals surface area contributed by atoms with Crippen molar-refractivity contribution < 1.29 is 26.8 Å². The molecule has 3 rings (SSSR count). The van der Waals surface area contributed by atoms with Crippen LogP contribution in [0.25, 0.3) is 0 Å². The van der Waals surface area contributed by atoms with Crippen molar-refractivity contribution >= 4 is 33.2 Å². The van der Waals surface area contributed by atoms with Crippen LogP contribution in [0, 0.1) is 11.6 Å². The number of sulfonamides is 1. The second kappa shape index (κ2) is 10.1. The van der Waals surface area contributed by atoms with Crippen molar-refractivity contribution in [2.24, 2.45) is 0 Å². The first-order valence-electron chi connectivity index (χ1n) is 10.2. The Morgan fingerprint density at radius 3 is 2.59 bits per heavy atom. The zero-order valence-electron chi connectivity index (χ0n) is 17.7. The Balaban J connectivity index is 1.53. The van der Waals surface area contributed by atoms with Crippen LogP contribution < -0.4 is 14.5 Å². The number of amides is 2. The molecule has 2 aromatic rings. The van der Waals surface area contributed by atoms with Crippen LogP contribution in [0.5, 0.6) is 0 Å². The maximum Gasteiger partial charge on any atom is 0.232 e. The van der Waals surface area contributed by atoms with Crippen molar-refractivity contribution in [3.8, 4) is 0 Å². The Kier molecular flexibility index (Phi) is 7.44. The van der Waals surface area contributed by atoms with Gasteiger partial charge < -0.3 is 10.2 Å². The number of carbonyl (C=O) groups excluding carboxylic acids is 2. The molecule has 0 spiro atoms. The summed E-state index contributed by atoms with van der Waals surface area (Å²) in [4.78, 5) is 25.9. The predicted octanol–water partition coefficient (Wildman–Crippen LogP) is 2.95. The highest BCUT2D eigenvalue weighted by Crippen LogP contribution is 2.23. The first-order valence-corrected chi connectivity index (χ1v) is 12.1. The zero-order chi connectivity index (χ0) is 23.3. The van der Waals surface area contributed by atoms with Gasteiger partial charge in [-0.25, -0.2) is 17.2 Å². The maximum atomic E-state index is 13.5. The lowest BCUT2D eigenvalue weighted by atomic mass is 10.2. The normalized spacial score (nSPS) is 14.0. The van der Waals surface area contributed by atoms with E-state index in [0.717, 1.165) is 40.4 Å². The number of rotatable bonds is 9. The number of nitrogens with zero attached hydrogens (tertiary/aromatic N) is 2. The quantitative estimate of drug-likeness (QED) is 0.617. The van der Waals surface area contributed by atoms with E-state index in [1.54, 1.807) is 4.90 Å². The molecule has 1 heterocycles. The highest BCUT2D eigenvalue weighted by molar-refractivity contribution is 7.92. The Morgan fingerprint density at radius 2 is 1.94 bits per heavy atom. The second-order valence-electron chi connectivity index (χ2n) is 7.63. The molecule has 0 atom stereocenters. The van der Waals surface area contributed by atoms with Gasteiger partial charge in [-0.2, -0.15) is 0 Å². The molecule has 2 amide bonds. The molecule has 2 aromatic carbocycles. The maximum absolute atomic E-state index is 13.5. The van der Waals surface area contributed by atoms with E-state index in [1.807, 2.05) is 24.3 Å². The Hall–Kier alpha value is -3.01. The zero-order valence-corrected chi connectivity index (χ0v) is 18.5. The minimum absolute atomic E-state index is 0.0000768. The molecule has 0 saturated carbocycles. The molecule has 0 aliphatic carbocycles. The van der Waals surface area contributed by atoms with Gasteiger partial charge in [0.1, 0.15) is 0 Å². The third-order valence-corrected chi connectivity index (χ3v) is 6.34. The fourth-order valence-corrected chi connectivity index (χ4v) is 4.51. The number of nitrogens with one attached hydrogen (secondary N) is 1. The van der Waals surface area contributed by atoms with Crippen LogP contribution in [0.4, 0.5) is 20.2 Å². The molecule has 1 aliphatic heterocycles. The van der Waals surface area contributed by atoms with Gasteiger partial charge in [0.25, 0.3) is 0 Å². The summed E-state index contributed by atoms with van der Waals surface area (Å²) in [6.45, 7) is 0.904. The summed E-state index contributed by atoms with van der Waals surface area (Å²) in [7, 11) is -3.74. The molecule has 0 aromatic heterocycles. The summed E-state index contributed by atoms with van der Waals surface area (Å²) >= 11 is 0. The summed E-state index contributed by atoms with van der Waals surface area (Å²) in [6.07, 6.45) is 2.58. The van der Waals surface area contributed by atoms with Crippen LogP contribution in [0.3, 0.4) is 0 Å². The average molecular weight is 466 g/mol. The van der Waals surface area contributed by atoms with Crippen molar-refractivity contribution in [3.63, 3.8) is 0 Å². The molecule has 1 N–H and O–H groups in total. The number of hydrogen-bond acceptors (Lipinski definition) is 4. The van der Waals surface area contributed by atoms with Crippen LogP contribution in [0.2, 0.25) is 0 Å². The molecule has 172 valence electrons. The van der Waals surface area contributed by atoms with Gasteiger partial charge in [-0.3, -0.25) is 13.9 Å². The minimum atomic E-state index is -3.74. The highest BCUT2D eigenvalue weighted by atomic mass is 32.2. The molecule has 1 aliphatic rings. The SMILES string of the molecule is CS(=O)(=O)N(CCCC(=O)NCc1cccc(N2CCCC2=O)c1)c1ccc(F)c(F)c1. The molecular formula is C22H25F2N3O4S. The van der Waals surface area contributed by atoms with Gasteiger partial charge in [0.15, 0.2) is 11.6 Å². The number of anilines is 2. The number of benzene rings is 2. The van der Waals surface area contributed by atoms with E-state index in [0.29, 0.717) is 13.0 Å². The molecule has 0 radical (unpaired) electrons. The largest absolute Gasteiger partial charge is 0.352 e. The van der Waals surface area contributed by atoms with Gasteiger partial charge >= 0.3 is 0 Å². The predicted molar refractivity (Wildman–Crippen MR) is 118 cm³/mol.